The van der Waals surface area contributed by atoms with Crippen LogP contribution in [0.3, 0.4) is 0 Å². The summed E-state index contributed by atoms with van der Waals surface area (Å²) in [6.45, 7) is 4.05. The van der Waals surface area contributed by atoms with Gasteiger partial charge < -0.3 is 19.2 Å². The molecule has 0 saturated heterocycles. The Labute approximate surface area is 174 Å². The number of anilines is 1. The van der Waals surface area contributed by atoms with Crippen LogP contribution in [0.25, 0.3) is 22.6 Å². The van der Waals surface area contributed by atoms with E-state index < -0.39 is 0 Å². The largest absolute Gasteiger partial charge is 0.496 e. The van der Waals surface area contributed by atoms with E-state index in [1.807, 2.05) is 44.2 Å². The number of aromatic nitrogens is 1. The number of oxazole rings is 1. The van der Waals surface area contributed by atoms with Crippen molar-refractivity contribution in [1.29, 1.82) is 0 Å². The lowest BCUT2D eigenvalue weighted by molar-refractivity contribution is 0.102. The van der Waals surface area contributed by atoms with Gasteiger partial charge in [-0.2, -0.15) is 0 Å². The minimum absolute atomic E-state index is 0.315. The first-order valence-corrected chi connectivity index (χ1v) is 9.50. The molecule has 0 fully saturated rings. The van der Waals surface area contributed by atoms with Gasteiger partial charge in [-0.25, -0.2) is 4.98 Å². The Hall–Kier alpha value is -3.80. The second kappa shape index (κ2) is 7.91. The molecule has 152 valence electrons. The van der Waals surface area contributed by atoms with Crippen LogP contribution in [0.15, 0.2) is 59.0 Å². The van der Waals surface area contributed by atoms with Gasteiger partial charge in [-0.1, -0.05) is 12.1 Å². The van der Waals surface area contributed by atoms with Gasteiger partial charge in [0.15, 0.2) is 5.58 Å². The molecule has 3 aromatic carbocycles. The third kappa shape index (κ3) is 3.59. The maximum Gasteiger partial charge on any atom is 0.263 e. The van der Waals surface area contributed by atoms with Gasteiger partial charge in [-0.3, -0.25) is 4.79 Å². The van der Waals surface area contributed by atoms with Crippen molar-refractivity contribution in [2.24, 2.45) is 0 Å². The zero-order valence-corrected chi connectivity index (χ0v) is 17.3. The Kier molecular flexibility index (Phi) is 5.14. The van der Waals surface area contributed by atoms with Gasteiger partial charge in [0.1, 0.15) is 22.6 Å². The quantitative estimate of drug-likeness (QED) is 0.485. The summed E-state index contributed by atoms with van der Waals surface area (Å²) >= 11 is 0. The first kappa shape index (κ1) is 19.5. The Morgan fingerprint density at radius 1 is 0.967 bits per heavy atom. The van der Waals surface area contributed by atoms with Crippen molar-refractivity contribution in [1.82, 2.24) is 4.98 Å². The number of rotatable bonds is 5. The highest BCUT2D eigenvalue weighted by Crippen LogP contribution is 2.30. The van der Waals surface area contributed by atoms with E-state index in [4.69, 9.17) is 13.9 Å². The molecule has 0 saturated carbocycles. The number of hydrogen-bond acceptors (Lipinski definition) is 5. The molecule has 0 aliphatic carbocycles. The Morgan fingerprint density at radius 2 is 1.63 bits per heavy atom. The molecule has 1 aromatic heterocycles. The molecule has 6 heteroatoms. The second-order valence-electron chi connectivity index (χ2n) is 7.02. The predicted octanol–water partition coefficient (Wildman–Crippen LogP) is 5.38. The maximum absolute atomic E-state index is 12.8. The zero-order chi connectivity index (χ0) is 21.3. The van der Waals surface area contributed by atoms with Crippen LogP contribution < -0.4 is 14.8 Å². The number of carbonyl (C=O) groups is 1. The molecule has 4 rings (SSSR count). The van der Waals surface area contributed by atoms with Crippen molar-refractivity contribution in [2.45, 2.75) is 13.8 Å². The standard InChI is InChI=1S/C24H22N2O4/c1-14-12-15(2)22-18(13-14)26-24(30-22)16-8-10-17(11-9-16)25-23(27)21-19(28-3)6-5-7-20(21)29-4/h5-13H,1-4H3,(H,25,27). The highest BCUT2D eigenvalue weighted by molar-refractivity contribution is 6.08. The lowest BCUT2D eigenvalue weighted by atomic mass is 10.1. The molecule has 0 aliphatic heterocycles. The van der Waals surface area contributed by atoms with Crippen molar-refractivity contribution < 1.29 is 18.7 Å². The topological polar surface area (TPSA) is 73.6 Å². The van der Waals surface area contributed by atoms with E-state index in [0.717, 1.165) is 27.8 Å². The average Bonchev–Trinajstić information content (AvgIpc) is 3.18. The first-order valence-electron chi connectivity index (χ1n) is 9.50. The fourth-order valence-electron chi connectivity index (χ4n) is 3.46. The van der Waals surface area contributed by atoms with E-state index in [-0.39, 0.29) is 5.91 Å². The number of ether oxygens (including phenoxy) is 2. The van der Waals surface area contributed by atoms with Gasteiger partial charge in [0.05, 0.1) is 14.2 Å². The van der Waals surface area contributed by atoms with E-state index in [1.54, 1.807) is 18.2 Å². The van der Waals surface area contributed by atoms with Crippen LogP contribution in [-0.2, 0) is 0 Å². The van der Waals surface area contributed by atoms with E-state index in [2.05, 4.69) is 16.4 Å². The molecule has 0 bridgehead atoms. The summed E-state index contributed by atoms with van der Waals surface area (Å²) in [5, 5.41) is 2.88. The monoisotopic (exact) mass is 402 g/mol. The number of methoxy groups -OCH3 is 2. The Morgan fingerprint density at radius 3 is 2.27 bits per heavy atom. The molecule has 0 radical (unpaired) electrons. The van der Waals surface area contributed by atoms with Crippen LogP contribution in [0.5, 0.6) is 11.5 Å². The normalized spacial score (nSPS) is 10.8. The maximum atomic E-state index is 12.8. The van der Waals surface area contributed by atoms with Crippen LogP contribution in [0, 0.1) is 13.8 Å². The molecule has 1 amide bonds. The Balaban J connectivity index is 1.59. The number of aryl methyl sites for hydroxylation is 2. The molecular formula is C24H22N2O4. The summed E-state index contributed by atoms with van der Waals surface area (Å²) in [7, 11) is 3.04. The van der Waals surface area contributed by atoms with Crippen LogP contribution in [0.1, 0.15) is 21.5 Å². The molecule has 1 heterocycles. The van der Waals surface area contributed by atoms with Gasteiger partial charge >= 0.3 is 0 Å². The molecule has 0 unspecified atom stereocenters. The number of benzene rings is 3. The van der Waals surface area contributed by atoms with Gasteiger partial charge in [-0.15, -0.1) is 0 Å². The average molecular weight is 402 g/mol. The molecular weight excluding hydrogens is 380 g/mol. The number of nitrogens with one attached hydrogen (secondary N) is 1. The van der Waals surface area contributed by atoms with Gasteiger partial charge in [-0.05, 0) is 67.4 Å². The van der Waals surface area contributed by atoms with Crippen molar-refractivity contribution in [3.8, 4) is 23.0 Å². The van der Waals surface area contributed by atoms with Crippen molar-refractivity contribution in [2.75, 3.05) is 19.5 Å². The van der Waals surface area contributed by atoms with Gasteiger partial charge in [0, 0.05) is 11.3 Å². The highest BCUT2D eigenvalue weighted by atomic mass is 16.5. The summed E-state index contributed by atoms with van der Waals surface area (Å²) in [5.74, 6) is 1.12. The Bertz CT molecular complexity index is 1200. The molecule has 0 spiro atoms. The molecule has 0 aliphatic rings. The predicted molar refractivity (Wildman–Crippen MR) is 116 cm³/mol. The molecule has 4 aromatic rings. The third-order valence-corrected chi connectivity index (χ3v) is 4.86. The molecule has 1 N–H and O–H groups in total. The summed E-state index contributed by atoms with van der Waals surface area (Å²) in [5.41, 5.74) is 5.63. The number of fused-ring (bicyclic) bond motifs is 1. The SMILES string of the molecule is COc1cccc(OC)c1C(=O)Nc1ccc(-c2nc3cc(C)cc(C)c3o2)cc1. The van der Waals surface area contributed by atoms with Crippen LogP contribution >= 0.6 is 0 Å². The number of nitrogens with zero attached hydrogens (tertiary/aromatic N) is 1. The third-order valence-electron chi connectivity index (χ3n) is 4.86. The summed E-state index contributed by atoms with van der Waals surface area (Å²) < 4.78 is 16.6. The summed E-state index contributed by atoms with van der Waals surface area (Å²) in [6.07, 6.45) is 0. The minimum Gasteiger partial charge on any atom is -0.496 e. The van der Waals surface area contributed by atoms with E-state index in [0.29, 0.717) is 28.6 Å². The van der Waals surface area contributed by atoms with E-state index in [1.165, 1.54) is 14.2 Å². The fourth-order valence-corrected chi connectivity index (χ4v) is 3.46. The number of amides is 1. The smallest absolute Gasteiger partial charge is 0.263 e. The second-order valence-corrected chi connectivity index (χ2v) is 7.02. The van der Waals surface area contributed by atoms with Crippen LogP contribution in [0.4, 0.5) is 5.69 Å². The zero-order valence-electron chi connectivity index (χ0n) is 17.3. The highest BCUT2D eigenvalue weighted by Gasteiger charge is 2.18. The first-order chi connectivity index (χ1) is 14.5. The van der Waals surface area contributed by atoms with Crippen molar-refractivity contribution >= 4 is 22.7 Å². The molecule has 30 heavy (non-hydrogen) atoms. The molecule has 0 atom stereocenters. The van der Waals surface area contributed by atoms with Gasteiger partial charge in [0.25, 0.3) is 5.91 Å². The van der Waals surface area contributed by atoms with E-state index >= 15 is 0 Å². The lowest BCUT2D eigenvalue weighted by Gasteiger charge is -2.13. The lowest BCUT2D eigenvalue weighted by Crippen LogP contribution is -2.14. The summed E-state index contributed by atoms with van der Waals surface area (Å²) in [6, 6.07) is 16.6. The molecule has 6 nitrogen and oxygen atoms in total. The van der Waals surface area contributed by atoms with Gasteiger partial charge in [0.2, 0.25) is 5.89 Å². The van der Waals surface area contributed by atoms with Crippen molar-refractivity contribution in [3.63, 3.8) is 0 Å². The number of carbonyl (C=O) groups excluding carboxylic acids is 1. The number of hydrogen-bond donors (Lipinski definition) is 1. The van der Waals surface area contributed by atoms with Crippen molar-refractivity contribution in [3.05, 3.63) is 71.3 Å². The summed E-state index contributed by atoms with van der Waals surface area (Å²) in [4.78, 5) is 17.4. The minimum atomic E-state index is -0.315. The van der Waals surface area contributed by atoms with Crippen LogP contribution in [-0.4, -0.2) is 25.1 Å². The van der Waals surface area contributed by atoms with E-state index in [9.17, 15) is 4.79 Å². The van der Waals surface area contributed by atoms with Crippen LogP contribution in [0.2, 0.25) is 0 Å². The fraction of sp³-hybridized carbons (Fsp3) is 0.167.